The van der Waals surface area contributed by atoms with Crippen molar-refractivity contribution in [2.24, 2.45) is 0 Å². The molecule has 8 heteroatoms. The van der Waals surface area contributed by atoms with Crippen molar-refractivity contribution in [3.63, 3.8) is 0 Å². The second kappa shape index (κ2) is 8.21. The van der Waals surface area contributed by atoms with Gasteiger partial charge in [-0.1, -0.05) is 54.3 Å². The highest BCUT2D eigenvalue weighted by atomic mass is 32.2. The Balaban J connectivity index is 1.87. The van der Waals surface area contributed by atoms with E-state index >= 15 is 0 Å². The zero-order chi connectivity index (χ0) is 16.1. The Kier molecular flexibility index (Phi) is 6.57. The number of hydrogen-bond donors (Lipinski definition) is 5. The molecule has 0 radical (unpaired) electrons. The Morgan fingerprint density at radius 2 is 1.82 bits per heavy atom. The minimum Gasteiger partial charge on any atom is -0.394 e. The Bertz CT molecular complexity index is 487. The number of ether oxygens (including phenoxy) is 1. The lowest BCUT2D eigenvalue weighted by molar-refractivity contribution is -0.205. The summed E-state index contributed by atoms with van der Waals surface area (Å²) in [5.74, 6) is 0. The fourth-order valence-corrected chi connectivity index (χ4v) is 3.30. The van der Waals surface area contributed by atoms with Crippen molar-refractivity contribution in [1.29, 1.82) is 0 Å². The number of benzene rings is 1. The second-order valence-electron chi connectivity index (χ2n) is 4.94. The van der Waals surface area contributed by atoms with Crippen molar-refractivity contribution in [2.45, 2.75) is 36.4 Å². The highest BCUT2D eigenvalue weighted by molar-refractivity contribution is 8.23. The summed E-state index contributed by atoms with van der Waals surface area (Å²) in [4.78, 5) is 0. The topological polar surface area (TPSA) is 102 Å². The van der Waals surface area contributed by atoms with E-state index in [4.69, 9.17) is 22.1 Å². The summed E-state index contributed by atoms with van der Waals surface area (Å²) in [5.41, 5.74) is 0.200. The van der Waals surface area contributed by atoms with Gasteiger partial charge in [0.05, 0.1) is 6.61 Å². The van der Waals surface area contributed by atoms with Crippen molar-refractivity contribution in [2.75, 3.05) is 6.61 Å². The molecule has 0 spiro atoms. The molecular formula is C14H19NO5S2. The normalized spacial score (nSPS) is 31.7. The van der Waals surface area contributed by atoms with Crippen LogP contribution in [0.25, 0.3) is 0 Å². The van der Waals surface area contributed by atoms with Crippen molar-refractivity contribution in [3.05, 3.63) is 35.9 Å². The summed E-state index contributed by atoms with van der Waals surface area (Å²) in [6.45, 7) is 0.0797. The third kappa shape index (κ3) is 4.39. The first kappa shape index (κ1) is 17.6. The van der Waals surface area contributed by atoms with Gasteiger partial charge in [-0.15, -0.1) is 0 Å². The monoisotopic (exact) mass is 345 g/mol. The lowest BCUT2D eigenvalue weighted by atomic mass is 10.0. The van der Waals surface area contributed by atoms with Crippen LogP contribution in [-0.2, 0) is 11.3 Å². The molecule has 0 amide bonds. The molecule has 122 valence electrons. The van der Waals surface area contributed by atoms with Crippen molar-refractivity contribution in [1.82, 2.24) is 5.32 Å². The molecule has 1 aromatic rings. The predicted molar refractivity (Wildman–Crippen MR) is 87.2 cm³/mol. The maximum atomic E-state index is 9.93. The third-order valence-electron chi connectivity index (χ3n) is 3.35. The average Bonchev–Trinajstić information content (AvgIpc) is 2.54. The Hall–Kier alpha value is -0.740. The van der Waals surface area contributed by atoms with Crippen molar-refractivity contribution >= 4 is 28.3 Å². The van der Waals surface area contributed by atoms with Crippen LogP contribution in [0.5, 0.6) is 0 Å². The van der Waals surface area contributed by atoms with Crippen LogP contribution in [0.3, 0.4) is 0 Å². The first-order chi connectivity index (χ1) is 10.5. The van der Waals surface area contributed by atoms with E-state index in [2.05, 4.69) is 5.32 Å². The van der Waals surface area contributed by atoms with E-state index in [0.29, 0.717) is 10.9 Å². The van der Waals surface area contributed by atoms with Crippen LogP contribution >= 0.6 is 24.0 Å². The van der Waals surface area contributed by atoms with E-state index in [1.807, 2.05) is 30.3 Å². The van der Waals surface area contributed by atoms with Crippen LogP contribution in [0.15, 0.2) is 30.3 Å². The standard InChI is InChI=1S/C14H19NO5S2/c16-7-9-10(17)11(18)12(19)13(20-9)22-14(21)15-6-8-4-2-1-3-5-8/h1-5,9-13,16-19H,6-7H2,(H,15,21)/t9-,10-,11+,12-,13?/m1/s1. The smallest absolute Gasteiger partial charge is 0.139 e. The lowest BCUT2D eigenvalue weighted by Crippen LogP contribution is -2.57. The number of thiocarbonyl (C=S) groups is 1. The van der Waals surface area contributed by atoms with Gasteiger partial charge in [-0.3, -0.25) is 0 Å². The van der Waals surface area contributed by atoms with E-state index in [0.717, 1.165) is 17.3 Å². The third-order valence-corrected chi connectivity index (χ3v) is 4.77. The van der Waals surface area contributed by atoms with Crippen molar-refractivity contribution < 1.29 is 25.2 Å². The van der Waals surface area contributed by atoms with Crippen LogP contribution in [-0.4, -0.2) is 61.2 Å². The molecule has 1 aromatic carbocycles. The summed E-state index contributed by atoms with van der Waals surface area (Å²) in [6.07, 6.45) is -4.96. The molecule has 5 atom stereocenters. The van der Waals surface area contributed by atoms with Gasteiger partial charge in [-0.05, 0) is 5.56 Å². The summed E-state index contributed by atoms with van der Waals surface area (Å²) in [6, 6.07) is 9.67. The molecule has 22 heavy (non-hydrogen) atoms. The van der Waals surface area contributed by atoms with E-state index < -0.39 is 36.5 Å². The molecule has 5 N–H and O–H groups in total. The number of nitrogens with one attached hydrogen (secondary N) is 1. The lowest BCUT2D eigenvalue weighted by Gasteiger charge is -2.39. The number of hydrogen-bond acceptors (Lipinski definition) is 7. The predicted octanol–water partition coefficient (Wildman–Crippen LogP) is -0.406. The maximum absolute atomic E-state index is 9.93. The molecule has 1 aliphatic heterocycles. The Morgan fingerprint density at radius 1 is 1.14 bits per heavy atom. The molecule has 0 bridgehead atoms. The van der Waals surface area contributed by atoms with Gasteiger partial charge in [-0.25, -0.2) is 0 Å². The molecule has 6 nitrogen and oxygen atoms in total. The highest BCUT2D eigenvalue weighted by Gasteiger charge is 2.44. The molecule has 0 aromatic heterocycles. The van der Waals surface area contributed by atoms with Crippen LogP contribution in [0.2, 0.25) is 0 Å². The summed E-state index contributed by atoms with van der Waals surface area (Å²) >= 11 is 6.22. The number of rotatable bonds is 4. The number of aliphatic hydroxyl groups is 4. The molecule has 1 aliphatic rings. The molecular weight excluding hydrogens is 326 g/mol. The molecule has 1 saturated heterocycles. The molecule has 1 fully saturated rings. The van der Waals surface area contributed by atoms with E-state index in [9.17, 15) is 15.3 Å². The van der Waals surface area contributed by atoms with Gasteiger partial charge in [0, 0.05) is 6.54 Å². The van der Waals surface area contributed by atoms with Crippen LogP contribution in [0, 0.1) is 0 Å². The van der Waals surface area contributed by atoms with E-state index in [-0.39, 0.29) is 0 Å². The SMILES string of the molecule is OC[C@H]1OC(SC(=S)NCc2ccccc2)[C@H](O)[C@@H](O)[C@@H]1O. The number of aliphatic hydroxyl groups excluding tert-OH is 4. The van der Waals surface area contributed by atoms with Gasteiger partial charge < -0.3 is 30.5 Å². The minimum atomic E-state index is -1.39. The average molecular weight is 345 g/mol. The maximum Gasteiger partial charge on any atom is 0.139 e. The number of thioether (sulfide) groups is 1. The minimum absolute atomic E-state index is 0.396. The van der Waals surface area contributed by atoms with Crippen LogP contribution < -0.4 is 5.32 Å². The largest absolute Gasteiger partial charge is 0.394 e. The molecule has 0 aliphatic carbocycles. The Labute approximate surface area is 138 Å². The van der Waals surface area contributed by atoms with Gasteiger partial charge in [0.25, 0.3) is 0 Å². The fourth-order valence-electron chi connectivity index (χ4n) is 2.08. The quantitative estimate of drug-likeness (QED) is 0.470. The molecule has 2 rings (SSSR count). The van der Waals surface area contributed by atoms with E-state index in [1.165, 1.54) is 0 Å². The summed E-state index contributed by atoms with van der Waals surface area (Å²) in [7, 11) is 0. The zero-order valence-corrected chi connectivity index (χ0v) is 13.3. The Morgan fingerprint density at radius 3 is 2.45 bits per heavy atom. The second-order valence-corrected chi connectivity index (χ2v) is 6.72. The fraction of sp³-hybridized carbons (Fsp3) is 0.500. The first-order valence-electron chi connectivity index (χ1n) is 6.82. The highest BCUT2D eigenvalue weighted by Crippen LogP contribution is 2.28. The van der Waals surface area contributed by atoms with Gasteiger partial charge in [0.15, 0.2) is 0 Å². The first-order valence-corrected chi connectivity index (χ1v) is 8.10. The molecule has 1 heterocycles. The van der Waals surface area contributed by atoms with Gasteiger partial charge >= 0.3 is 0 Å². The summed E-state index contributed by atoms with van der Waals surface area (Å²) in [5, 5.41) is 41.5. The van der Waals surface area contributed by atoms with E-state index in [1.54, 1.807) is 0 Å². The molecule has 1 unspecified atom stereocenters. The zero-order valence-electron chi connectivity index (χ0n) is 11.7. The molecule has 0 saturated carbocycles. The summed E-state index contributed by atoms with van der Waals surface area (Å²) < 4.78 is 5.78. The van der Waals surface area contributed by atoms with Crippen LogP contribution in [0.4, 0.5) is 0 Å². The van der Waals surface area contributed by atoms with Gasteiger partial charge in [-0.2, -0.15) is 0 Å². The van der Waals surface area contributed by atoms with Crippen LogP contribution in [0.1, 0.15) is 5.56 Å². The van der Waals surface area contributed by atoms with Gasteiger partial charge in [0.2, 0.25) is 0 Å². The van der Waals surface area contributed by atoms with Crippen molar-refractivity contribution in [3.8, 4) is 0 Å². The van der Waals surface area contributed by atoms with Gasteiger partial charge in [0.1, 0.15) is 34.2 Å².